The highest BCUT2D eigenvalue weighted by Gasteiger charge is 2.27. The highest BCUT2D eigenvalue weighted by molar-refractivity contribution is 6.27. The summed E-state index contributed by atoms with van der Waals surface area (Å²) in [6.45, 7) is 0.206. The van der Waals surface area contributed by atoms with Crippen LogP contribution in [-0.4, -0.2) is 24.8 Å². The Bertz CT molecular complexity index is 115. The third-order valence-corrected chi connectivity index (χ3v) is 0.837. The molecule has 1 rings (SSSR count). The Morgan fingerprint density at radius 1 is 1.75 bits per heavy atom. The van der Waals surface area contributed by atoms with Gasteiger partial charge in [-0.3, -0.25) is 9.59 Å². The fourth-order valence-corrected chi connectivity index (χ4v) is 0.342. The predicted molar refractivity (Wildman–Crippen MR) is 21.9 cm³/mol. The lowest BCUT2D eigenvalue weighted by Gasteiger charge is -2.20. The molecule has 0 aromatic rings. The third kappa shape index (κ3) is 0.753. The summed E-state index contributed by atoms with van der Waals surface area (Å²) >= 11 is 0. The maximum Gasteiger partial charge on any atom is 0.229 e. The van der Waals surface area contributed by atoms with Gasteiger partial charge >= 0.3 is 0 Å². The van der Waals surface area contributed by atoms with Crippen molar-refractivity contribution in [2.24, 2.45) is 0 Å². The van der Waals surface area contributed by atoms with Gasteiger partial charge < -0.3 is 0 Å². The number of Topliss-reactive ketones (excluding diaryl/α,β-unsaturated/α-hetero) is 1. The van der Waals surface area contributed by atoms with Crippen molar-refractivity contribution in [1.82, 2.24) is 0 Å². The number of aldehydes is 1. The second-order valence-electron chi connectivity index (χ2n) is 1.39. The molecule has 1 heterocycles. The number of rotatable bonds is 2. The number of ketones is 1. The van der Waals surface area contributed by atoms with Crippen LogP contribution < -0.4 is 0 Å². The van der Waals surface area contributed by atoms with Crippen molar-refractivity contribution in [3.63, 3.8) is 0 Å². The summed E-state index contributed by atoms with van der Waals surface area (Å²) in [5, 5.41) is 0. The van der Waals surface area contributed by atoms with Gasteiger partial charge in [0.15, 0.2) is 12.4 Å². The molecule has 0 bridgehead atoms. The minimum Gasteiger partial charge on any atom is -0.294 e. The molecule has 0 aromatic heterocycles. The van der Waals surface area contributed by atoms with Crippen LogP contribution in [0.15, 0.2) is 0 Å². The summed E-state index contributed by atoms with van der Waals surface area (Å²) in [6.07, 6.45) is -0.403. The molecule has 1 saturated heterocycles. The molecule has 0 aliphatic carbocycles. The molecule has 0 radical (unpaired) electrons. The van der Waals surface area contributed by atoms with Gasteiger partial charge in [0, 0.05) is 0 Å². The average molecular weight is 116 g/mol. The lowest BCUT2D eigenvalue weighted by molar-refractivity contribution is -0.409. The van der Waals surface area contributed by atoms with E-state index in [0.29, 0.717) is 0 Å². The van der Waals surface area contributed by atoms with Crippen molar-refractivity contribution in [3.8, 4) is 0 Å². The number of hydrogen-bond acceptors (Lipinski definition) is 4. The summed E-state index contributed by atoms with van der Waals surface area (Å²) in [7, 11) is 0. The fraction of sp³-hybridized carbons (Fsp3) is 0.500. The van der Waals surface area contributed by atoms with E-state index in [9.17, 15) is 9.59 Å². The normalized spacial score (nSPS) is 26.2. The molecule has 1 atom stereocenters. The van der Waals surface area contributed by atoms with E-state index in [1.165, 1.54) is 0 Å². The molecule has 8 heavy (non-hydrogen) atoms. The van der Waals surface area contributed by atoms with Gasteiger partial charge in [-0.1, -0.05) is 0 Å². The van der Waals surface area contributed by atoms with Crippen LogP contribution in [0.25, 0.3) is 0 Å². The Kier molecular flexibility index (Phi) is 1.36. The average Bonchev–Trinajstić information content (AvgIpc) is 1.62. The van der Waals surface area contributed by atoms with Crippen molar-refractivity contribution in [2.75, 3.05) is 6.61 Å². The van der Waals surface area contributed by atoms with Gasteiger partial charge in [0.05, 0.1) is 0 Å². The van der Waals surface area contributed by atoms with Crippen LogP contribution in [0.4, 0.5) is 0 Å². The van der Waals surface area contributed by atoms with E-state index in [4.69, 9.17) is 0 Å². The van der Waals surface area contributed by atoms with Crippen LogP contribution in [0.3, 0.4) is 0 Å². The summed E-state index contributed by atoms with van der Waals surface area (Å²) < 4.78 is 0. The van der Waals surface area contributed by atoms with Crippen molar-refractivity contribution in [3.05, 3.63) is 0 Å². The van der Waals surface area contributed by atoms with Gasteiger partial charge in [0.1, 0.15) is 6.61 Å². The highest BCUT2D eigenvalue weighted by atomic mass is 17.2. The second kappa shape index (κ2) is 2.02. The molecule has 0 aromatic carbocycles. The molecule has 0 amide bonds. The zero-order valence-electron chi connectivity index (χ0n) is 3.99. The third-order valence-electron chi connectivity index (χ3n) is 0.837. The Balaban J connectivity index is 2.34. The molecular weight excluding hydrogens is 112 g/mol. The van der Waals surface area contributed by atoms with Gasteiger partial charge in [-0.15, -0.1) is 0 Å². The van der Waals surface area contributed by atoms with Crippen molar-refractivity contribution < 1.29 is 19.4 Å². The topological polar surface area (TPSA) is 52.6 Å². The fourth-order valence-electron chi connectivity index (χ4n) is 0.342. The summed E-state index contributed by atoms with van der Waals surface area (Å²) in [6, 6.07) is 0. The first-order valence-corrected chi connectivity index (χ1v) is 2.12. The van der Waals surface area contributed by atoms with Crippen LogP contribution >= 0.6 is 0 Å². The quantitative estimate of drug-likeness (QED) is 0.266. The van der Waals surface area contributed by atoms with Gasteiger partial charge in [-0.2, -0.15) is 0 Å². The Hall–Kier alpha value is -0.740. The molecule has 1 aliphatic rings. The Morgan fingerprint density at radius 2 is 2.38 bits per heavy atom. The molecule has 1 unspecified atom stereocenters. The smallest absolute Gasteiger partial charge is 0.229 e. The van der Waals surface area contributed by atoms with E-state index in [-0.39, 0.29) is 12.9 Å². The van der Waals surface area contributed by atoms with Gasteiger partial charge in [-0.05, 0) is 0 Å². The van der Waals surface area contributed by atoms with Crippen molar-refractivity contribution in [1.29, 1.82) is 0 Å². The van der Waals surface area contributed by atoms with E-state index in [1.807, 2.05) is 0 Å². The zero-order chi connectivity index (χ0) is 5.98. The van der Waals surface area contributed by atoms with Crippen LogP contribution in [0.2, 0.25) is 0 Å². The van der Waals surface area contributed by atoms with Gasteiger partial charge in [-0.25, -0.2) is 9.78 Å². The largest absolute Gasteiger partial charge is 0.294 e. The highest BCUT2D eigenvalue weighted by Crippen LogP contribution is 2.05. The Labute approximate surface area is 45.3 Å². The predicted octanol–water partition coefficient (Wildman–Crippen LogP) is -0.915. The van der Waals surface area contributed by atoms with Crippen molar-refractivity contribution >= 4 is 12.1 Å². The van der Waals surface area contributed by atoms with E-state index in [1.54, 1.807) is 0 Å². The lowest BCUT2D eigenvalue weighted by atomic mass is 10.2. The Morgan fingerprint density at radius 3 is 2.50 bits per heavy atom. The minimum atomic E-state index is -0.632. The van der Waals surface area contributed by atoms with Crippen LogP contribution in [-0.2, 0) is 19.4 Å². The molecule has 1 aliphatic heterocycles. The van der Waals surface area contributed by atoms with Crippen LogP contribution in [0.1, 0.15) is 0 Å². The maximum absolute atomic E-state index is 10.2. The lowest BCUT2D eigenvalue weighted by Crippen LogP contribution is -2.39. The van der Waals surface area contributed by atoms with E-state index >= 15 is 0 Å². The molecule has 4 heteroatoms. The summed E-state index contributed by atoms with van der Waals surface area (Å²) in [4.78, 5) is 28.3. The van der Waals surface area contributed by atoms with Gasteiger partial charge in [0.2, 0.25) is 5.78 Å². The molecule has 44 valence electrons. The molecule has 1 fully saturated rings. The standard InChI is InChI=1S/C4H4O4/c5-1-3(6)4-2-7-8-4/h1,4H,2H2. The summed E-state index contributed by atoms with van der Waals surface area (Å²) in [5.41, 5.74) is 0. The SMILES string of the molecule is O=CC(=O)C1COO1. The molecule has 4 nitrogen and oxygen atoms in total. The maximum atomic E-state index is 10.2. The molecule has 0 spiro atoms. The van der Waals surface area contributed by atoms with E-state index < -0.39 is 11.9 Å². The van der Waals surface area contributed by atoms with Crippen molar-refractivity contribution in [2.45, 2.75) is 6.10 Å². The summed E-state index contributed by atoms with van der Waals surface area (Å²) in [5.74, 6) is -0.559. The number of carbonyl (C=O) groups is 2. The zero-order valence-corrected chi connectivity index (χ0v) is 3.99. The van der Waals surface area contributed by atoms with E-state index in [2.05, 4.69) is 9.78 Å². The monoisotopic (exact) mass is 116 g/mol. The first-order valence-electron chi connectivity index (χ1n) is 2.12. The minimum absolute atomic E-state index is 0.206. The van der Waals surface area contributed by atoms with Gasteiger partial charge in [0.25, 0.3) is 0 Å². The first-order chi connectivity index (χ1) is 3.84. The van der Waals surface area contributed by atoms with Crippen LogP contribution in [0.5, 0.6) is 0 Å². The second-order valence-corrected chi connectivity index (χ2v) is 1.39. The van der Waals surface area contributed by atoms with E-state index in [0.717, 1.165) is 0 Å². The molecule has 0 N–H and O–H groups in total. The molecule has 0 saturated carbocycles. The first kappa shape index (κ1) is 5.40. The number of carbonyl (C=O) groups excluding carboxylic acids is 2. The molecular formula is C4H4O4. The number of hydrogen-bond donors (Lipinski definition) is 0. The van der Waals surface area contributed by atoms with Crippen LogP contribution in [0, 0.1) is 0 Å².